The van der Waals surface area contributed by atoms with Crippen molar-refractivity contribution in [2.75, 3.05) is 0 Å². The minimum absolute atomic E-state index is 0.0602. The average molecular weight is 351 g/mol. The van der Waals surface area contributed by atoms with E-state index in [2.05, 4.69) is 36.7 Å². The summed E-state index contributed by atoms with van der Waals surface area (Å²) in [5.41, 5.74) is 1.20. The number of ether oxygens (including phenoxy) is 1. The Labute approximate surface area is 135 Å². The highest BCUT2D eigenvalue weighted by Gasteiger charge is 2.62. The van der Waals surface area contributed by atoms with Crippen LogP contribution in [-0.2, 0) is 0 Å². The standard InChI is InChI=1S/C18H23BrO2/c1-11(20)14-6-5-13(19)10-15(14)21-16-9-12-7-8-18(16,4)17(12,2)3/h5-6,10,12,16H,7-9H2,1-4H3. The number of halogens is 1. The summed E-state index contributed by atoms with van der Waals surface area (Å²) in [6.45, 7) is 8.71. The van der Waals surface area contributed by atoms with Gasteiger partial charge >= 0.3 is 0 Å². The first-order valence-corrected chi connectivity index (χ1v) is 8.52. The van der Waals surface area contributed by atoms with Gasteiger partial charge in [0.2, 0.25) is 0 Å². The van der Waals surface area contributed by atoms with Gasteiger partial charge in [-0.1, -0.05) is 36.7 Å². The summed E-state index contributed by atoms with van der Waals surface area (Å²) in [4.78, 5) is 11.8. The fourth-order valence-corrected chi connectivity index (χ4v) is 4.69. The number of fused-ring (bicyclic) bond motifs is 2. The lowest BCUT2D eigenvalue weighted by molar-refractivity contribution is 0.0296. The summed E-state index contributed by atoms with van der Waals surface area (Å²) in [6.07, 6.45) is 3.84. The molecule has 2 aliphatic rings. The van der Waals surface area contributed by atoms with Crippen LogP contribution >= 0.6 is 15.9 Å². The molecule has 0 saturated heterocycles. The predicted octanol–water partition coefficient (Wildman–Crippen LogP) is 5.25. The number of rotatable bonds is 3. The Morgan fingerprint density at radius 3 is 2.57 bits per heavy atom. The molecule has 0 aromatic heterocycles. The van der Waals surface area contributed by atoms with Crippen molar-refractivity contribution in [1.82, 2.24) is 0 Å². The fourth-order valence-electron chi connectivity index (χ4n) is 4.35. The number of carbonyl (C=O) groups is 1. The van der Waals surface area contributed by atoms with E-state index in [9.17, 15) is 4.79 Å². The second-order valence-electron chi connectivity index (χ2n) is 7.41. The van der Waals surface area contributed by atoms with E-state index in [4.69, 9.17) is 4.74 Å². The van der Waals surface area contributed by atoms with Crippen LogP contribution in [0.25, 0.3) is 0 Å². The van der Waals surface area contributed by atoms with Crippen molar-refractivity contribution < 1.29 is 9.53 Å². The third kappa shape index (κ3) is 2.16. The Kier molecular flexibility index (Phi) is 3.47. The number of hydrogen-bond donors (Lipinski definition) is 0. The Balaban J connectivity index is 1.92. The number of ketones is 1. The van der Waals surface area contributed by atoms with Crippen LogP contribution in [0.5, 0.6) is 5.75 Å². The van der Waals surface area contributed by atoms with Crippen LogP contribution in [0.3, 0.4) is 0 Å². The molecule has 3 unspecified atom stereocenters. The Morgan fingerprint density at radius 1 is 1.33 bits per heavy atom. The van der Waals surface area contributed by atoms with Gasteiger partial charge in [0.25, 0.3) is 0 Å². The molecule has 0 radical (unpaired) electrons. The largest absolute Gasteiger partial charge is 0.489 e. The average Bonchev–Trinajstić information content (AvgIpc) is 2.71. The highest BCUT2D eigenvalue weighted by Crippen LogP contribution is 2.66. The predicted molar refractivity (Wildman–Crippen MR) is 87.8 cm³/mol. The van der Waals surface area contributed by atoms with Crippen LogP contribution in [0, 0.1) is 16.7 Å². The van der Waals surface area contributed by atoms with Gasteiger partial charge in [0.15, 0.2) is 5.78 Å². The van der Waals surface area contributed by atoms with E-state index in [-0.39, 0.29) is 17.3 Å². The summed E-state index contributed by atoms with van der Waals surface area (Å²) in [6, 6.07) is 5.68. The minimum atomic E-state index is 0.0602. The van der Waals surface area contributed by atoms with Gasteiger partial charge in [-0.2, -0.15) is 0 Å². The molecule has 3 rings (SSSR count). The summed E-state index contributed by atoms with van der Waals surface area (Å²) in [5, 5.41) is 0. The van der Waals surface area contributed by atoms with E-state index in [1.54, 1.807) is 6.92 Å². The Hall–Kier alpha value is -0.830. The van der Waals surface area contributed by atoms with Crippen molar-refractivity contribution in [2.24, 2.45) is 16.7 Å². The van der Waals surface area contributed by atoms with Gasteiger partial charge in [0.05, 0.1) is 5.56 Å². The molecule has 21 heavy (non-hydrogen) atoms. The maximum atomic E-state index is 11.8. The van der Waals surface area contributed by atoms with Gasteiger partial charge in [-0.3, -0.25) is 4.79 Å². The molecule has 3 atom stereocenters. The topological polar surface area (TPSA) is 26.3 Å². The van der Waals surface area contributed by atoms with E-state index < -0.39 is 0 Å². The van der Waals surface area contributed by atoms with Crippen molar-refractivity contribution in [3.63, 3.8) is 0 Å². The van der Waals surface area contributed by atoms with Crippen LogP contribution in [-0.4, -0.2) is 11.9 Å². The molecule has 0 heterocycles. The summed E-state index contributed by atoms with van der Waals surface area (Å²) in [5.74, 6) is 1.52. The van der Waals surface area contributed by atoms with Crippen LogP contribution < -0.4 is 4.74 Å². The minimum Gasteiger partial charge on any atom is -0.489 e. The van der Waals surface area contributed by atoms with E-state index in [1.165, 1.54) is 12.8 Å². The molecular formula is C18H23BrO2. The maximum Gasteiger partial charge on any atom is 0.163 e. The van der Waals surface area contributed by atoms with Crippen LogP contribution in [0.1, 0.15) is 57.3 Å². The molecule has 114 valence electrons. The third-order valence-corrected chi connectivity index (χ3v) is 6.80. The molecule has 2 nitrogen and oxygen atoms in total. The number of Topliss-reactive ketones (excluding diaryl/α,β-unsaturated/α-hetero) is 1. The Morgan fingerprint density at radius 2 is 2.05 bits per heavy atom. The molecule has 0 amide bonds. The van der Waals surface area contributed by atoms with Gasteiger partial charge in [-0.05, 0) is 55.7 Å². The fraction of sp³-hybridized carbons (Fsp3) is 0.611. The molecule has 0 spiro atoms. The number of carbonyl (C=O) groups excluding carboxylic acids is 1. The molecule has 2 fully saturated rings. The molecule has 1 aromatic carbocycles. The SMILES string of the molecule is CC(=O)c1ccc(Br)cc1OC1CC2CCC1(C)C2(C)C. The van der Waals surface area contributed by atoms with E-state index >= 15 is 0 Å². The normalized spacial score (nSPS) is 33.2. The zero-order valence-electron chi connectivity index (χ0n) is 13.2. The Bertz CT molecular complexity index is 593. The molecule has 2 saturated carbocycles. The monoisotopic (exact) mass is 350 g/mol. The van der Waals surface area contributed by atoms with Gasteiger partial charge in [-0.15, -0.1) is 0 Å². The van der Waals surface area contributed by atoms with E-state index in [0.717, 1.165) is 22.6 Å². The van der Waals surface area contributed by atoms with Gasteiger partial charge in [0, 0.05) is 9.89 Å². The molecule has 0 aliphatic heterocycles. The zero-order chi connectivity index (χ0) is 15.4. The first-order chi connectivity index (χ1) is 9.75. The number of hydrogen-bond acceptors (Lipinski definition) is 2. The van der Waals surface area contributed by atoms with E-state index in [1.807, 2.05) is 18.2 Å². The van der Waals surface area contributed by atoms with Crippen molar-refractivity contribution in [2.45, 2.75) is 53.1 Å². The van der Waals surface area contributed by atoms with Gasteiger partial charge in [0.1, 0.15) is 11.9 Å². The lowest BCUT2D eigenvalue weighted by Gasteiger charge is -2.39. The first kappa shape index (κ1) is 15.1. The van der Waals surface area contributed by atoms with Crippen LogP contribution in [0.4, 0.5) is 0 Å². The van der Waals surface area contributed by atoms with E-state index in [0.29, 0.717) is 11.0 Å². The lowest BCUT2D eigenvalue weighted by atomic mass is 9.70. The van der Waals surface area contributed by atoms with Crippen molar-refractivity contribution in [3.8, 4) is 5.75 Å². The molecule has 2 bridgehead atoms. The van der Waals surface area contributed by atoms with Crippen molar-refractivity contribution in [1.29, 1.82) is 0 Å². The molecule has 3 heteroatoms. The summed E-state index contributed by atoms with van der Waals surface area (Å²) < 4.78 is 7.32. The first-order valence-electron chi connectivity index (χ1n) is 7.73. The van der Waals surface area contributed by atoms with Crippen molar-refractivity contribution in [3.05, 3.63) is 28.2 Å². The quantitative estimate of drug-likeness (QED) is 0.696. The highest BCUT2D eigenvalue weighted by molar-refractivity contribution is 9.10. The lowest BCUT2D eigenvalue weighted by Crippen LogP contribution is -2.39. The van der Waals surface area contributed by atoms with Gasteiger partial charge < -0.3 is 4.74 Å². The number of benzene rings is 1. The third-order valence-electron chi connectivity index (χ3n) is 6.31. The molecule has 2 aliphatic carbocycles. The van der Waals surface area contributed by atoms with Gasteiger partial charge in [-0.25, -0.2) is 0 Å². The second-order valence-corrected chi connectivity index (χ2v) is 8.33. The summed E-state index contributed by atoms with van der Waals surface area (Å²) >= 11 is 3.48. The highest BCUT2D eigenvalue weighted by atomic mass is 79.9. The molecule has 0 N–H and O–H groups in total. The molecular weight excluding hydrogens is 328 g/mol. The van der Waals surface area contributed by atoms with Crippen LogP contribution in [0.2, 0.25) is 0 Å². The maximum absolute atomic E-state index is 11.8. The zero-order valence-corrected chi connectivity index (χ0v) is 14.8. The summed E-state index contributed by atoms with van der Waals surface area (Å²) in [7, 11) is 0. The second kappa shape index (κ2) is 4.84. The van der Waals surface area contributed by atoms with Crippen LogP contribution in [0.15, 0.2) is 22.7 Å². The molecule has 1 aromatic rings. The van der Waals surface area contributed by atoms with Crippen molar-refractivity contribution >= 4 is 21.7 Å². The smallest absolute Gasteiger partial charge is 0.163 e.